The highest BCUT2D eigenvalue weighted by atomic mass is 15.1. The first-order valence-corrected chi connectivity index (χ1v) is 16.3. The van der Waals surface area contributed by atoms with Crippen LogP contribution in [0.2, 0.25) is 0 Å². The Labute approximate surface area is 274 Å². The van der Waals surface area contributed by atoms with E-state index in [4.69, 9.17) is 5.94 Å². The molecule has 0 N–H and O–H groups in total. The number of anilines is 3. The van der Waals surface area contributed by atoms with Crippen molar-refractivity contribution in [2.24, 2.45) is 0 Å². The molecule has 1 nitrogen and oxygen atoms in total. The van der Waals surface area contributed by atoms with Crippen molar-refractivity contribution in [3.05, 3.63) is 148 Å². The van der Waals surface area contributed by atoms with Gasteiger partial charge in [-0.15, -0.1) is 0 Å². The van der Waals surface area contributed by atoms with E-state index in [0.29, 0.717) is 0 Å². The van der Waals surface area contributed by atoms with Crippen molar-refractivity contribution in [1.29, 1.82) is 0 Å². The van der Waals surface area contributed by atoms with E-state index in [1.165, 1.54) is 94.6 Å². The molecule has 0 heterocycles. The number of aryl methyl sites for hydroxylation is 4. The quantitative estimate of drug-likeness (QED) is 0.198. The van der Waals surface area contributed by atoms with Crippen LogP contribution in [0.3, 0.4) is 0 Å². The van der Waals surface area contributed by atoms with Gasteiger partial charge in [-0.25, -0.2) is 0 Å². The molecule has 0 unspecified atom stereocenters. The minimum absolute atomic E-state index is 0.0354. The molecule has 0 aliphatic heterocycles. The predicted octanol–water partition coefficient (Wildman–Crippen LogP) is 12.6. The first-order chi connectivity index (χ1) is 23.5. The zero-order valence-corrected chi connectivity index (χ0v) is 27.8. The van der Waals surface area contributed by atoms with Crippen LogP contribution in [0.4, 0.5) is 17.1 Å². The summed E-state index contributed by atoms with van der Waals surface area (Å²) in [7, 11) is 0. The zero-order valence-electron chi connectivity index (χ0n) is 31.8. The van der Waals surface area contributed by atoms with E-state index in [-0.39, 0.29) is 10.8 Å². The van der Waals surface area contributed by atoms with Crippen molar-refractivity contribution in [1.82, 2.24) is 0 Å². The highest BCUT2D eigenvalue weighted by Crippen LogP contribution is 2.59. The molecule has 2 aliphatic rings. The second kappa shape index (κ2) is 9.44. The van der Waals surface area contributed by atoms with Gasteiger partial charge in [0.15, 0.2) is 0 Å². The molecule has 1 heteroatoms. The van der Waals surface area contributed by atoms with Crippen molar-refractivity contribution in [3.8, 4) is 22.3 Å². The number of hydrogen-bond donors (Lipinski definition) is 0. The Morgan fingerprint density at radius 1 is 0.467 bits per heavy atom. The average molecular weight is 592 g/mol. The first kappa shape index (κ1) is 25.7. The van der Waals surface area contributed by atoms with Gasteiger partial charge in [0, 0.05) is 33.5 Å². The van der Waals surface area contributed by atoms with Crippen LogP contribution in [0.5, 0.6) is 0 Å². The molecule has 0 spiro atoms. The highest BCUT2D eigenvalue weighted by molar-refractivity contribution is 6.10. The lowest BCUT2D eigenvalue weighted by molar-refractivity contribution is 0.652. The van der Waals surface area contributed by atoms with Gasteiger partial charge < -0.3 is 4.90 Å². The molecule has 0 fully saturated rings. The van der Waals surface area contributed by atoms with Crippen molar-refractivity contribution in [2.45, 2.75) is 66.2 Å². The second-order valence-corrected chi connectivity index (χ2v) is 14.5. The van der Waals surface area contributed by atoms with Crippen LogP contribution in [0.1, 0.15) is 78.1 Å². The lowest BCUT2D eigenvalue weighted by Gasteiger charge is -2.32. The van der Waals surface area contributed by atoms with Gasteiger partial charge in [0.25, 0.3) is 0 Å². The third kappa shape index (κ3) is 3.86. The molecule has 6 aromatic carbocycles. The topological polar surface area (TPSA) is 3.24 Å². The SMILES string of the molecule is Cc1ccc(N(c2ccc(C)cc2C)c2cc3c(c4ccccc24)-c2cc4c(cc2C3(C)C)-c2ccccc2C4(C)C)c(C)c1.[2H][2H].[2H][2H]. The van der Waals surface area contributed by atoms with E-state index in [1.54, 1.807) is 0 Å². The molecule has 45 heavy (non-hydrogen) atoms. The molecule has 8 rings (SSSR count). The van der Waals surface area contributed by atoms with Crippen LogP contribution in [0, 0.1) is 27.7 Å². The Bertz CT molecular complexity index is 2180. The lowest BCUT2D eigenvalue weighted by Crippen LogP contribution is -2.18. The summed E-state index contributed by atoms with van der Waals surface area (Å²) in [5.74, 6) is 0. The first-order valence-electron chi connectivity index (χ1n) is 18.3. The maximum absolute atomic E-state index is 5.00. The van der Waals surface area contributed by atoms with E-state index < -0.39 is 0 Å². The van der Waals surface area contributed by atoms with Gasteiger partial charge in [0.1, 0.15) is 0 Å². The minimum atomic E-state index is -0.156. The molecule has 0 saturated carbocycles. The zero-order chi connectivity index (χ0) is 35.4. The molecule has 6 aromatic rings. The normalized spacial score (nSPS) is 15.4. The summed E-state index contributed by atoms with van der Waals surface area (Å²) in [5.41, 5.74) is 19.9. The van der Waals surface area contributed by atoms with Crippen molar-refractivity contribution >= 4 is 27.8 Å². The summed E-state index contributed by atoms with van der Waals surface area (Å²) in [5, 5.41) is 2.60. The number of rotatable bonds is 3. The van der Waals surface area contributed by atoms with Gasteiger partial charge in [-0.1, -0.05) is 112 Å². The number of fused-ring (bicyclic) bond motifs is 8. The smallest absolute Gasteiger partial charge is 0.0543 e. The van der Waals surface area contributed by atoms with Gasteiger partial charge in [-0.2, -0.15) is 0 Å². The van der Waals surface area contributed by atoms with Gasteiger partial charge in [0.2, 0.25) is 0 Å². The maximum Gasteiger partial charge on any atom is 0.0543 e. The number of benzene rings is 6. The lowest BCUT2D eigenvalue weighted by atomic mass is 9.79. The van der Waals surface area contributed by atoms with Gasteiger partial charge >= 0.3 is 0 Å². The summed E-state index contributed by atoms with van der Waals surface area (Å²) in [6, 6.07) is 39.4. The summed E-state index contributed by atoms with van der Waals surface area (Å²) in [6.07, 6.45) is 0. The number of hydrogen-bond acceptors (Lipinski definition) is 1. The predicted molar refractivity (Wildman–Crippen MR) is 197 cm³/mol. The standard InChI is InChI=1S/C44H41N.2H2/c1-26-17-19-39(28(3)21-26)45(40-20-18-27(2)22-29(40)4)41-25-38-42(32-15-10-9-14-31(32)41)34-24-36-33(23-37(34)44(38,7)8)30-13-11-12-16-35(30)43(36,5)6;;/h9-25H,1-8H3;2*1H/i;2*1+1D. The van der Waals surface area contributed by atoms with Crippen molar-refractivity contribution in [3.63, 3.8) is 0 Å². The molecule has 0 amide bonds. The van der Waals surface area contributed by atoms with Crippen molar-refractivity contribution < 1.29 is 5.94 Å². The van der Waals surface area contributed by atoms with Gasteiger partial charge in [-0.05, 0) is 119 Å². The summed E-state index contributed by atoms with van der Waals surface area (Å²) in [4.78, 5) is 2.52. The fourth-order valence-electron chi connectivity index (χ4n) is 8.44. The third-order valence-electron chi connectivity index (χ3n) is 10.8. The fourth-order valence-corrected chi connectivity index (χ4v) is 8.44. The minimum Gasteiger partial charge on any atom is -0.309 e. The van der Waals surface area contributed by atoms with Crippen molar-refractivity contribution in [2.75, 3.05) is 4.90 Å². The molecule has 0 saturated heterocycles. The van der Waals surface area contributed by atoms with E-state index in [2.05, 4.69) is 163 Å². The Hall–Kier alpha value is -4.62. The summed E-state index contributed by atoms with van der Waals surface area (Å²) in [6.45, 7) is 18.5. The second-order valence-electron chi connectivity index (χ2n) is 14.5. The van der Waals surface area contributed by atoms with Crippen LogP contribution >= 0.6 is 0 Å². The summed E-state index contributed by atoms with van der Waals surface area (Å²) < 4.78 is 20.0. The molecule has 2 aliphatic carbocycles. The van der Waals surface area contributed by atoms with Crippen LogP contribution < -0.4 is 4.90 Å². The largest absolute Gasteiger partial charge is 0.309 e. The molecule has 0 aromatic heterocycles. The Morgan fingerprint density at radius 2 is 1.00 bits per heavy atom. The third-order valence-corrected chi connectivity index (χ3v) is 10.8. The van der Waals surface area contributed by atoms with E-state index >= 15 is 0 Å². The molecule has 0 atom stereocenters. The maximum atomic E-state index is 5.00. The summed E-state index contributed by atoms with van der Waals surface area (Å²) >= 11 is 0. The molecular formula is C44H45N. The molecule has 0 radical (unpaired) electrons. The van der Waals surface area contributed by atoms with Gasteiger partial charge in [0.05, 0.1) is 5.69 Å². The Morgan fingerprint density at radius 3 is 1.64 bits per heavy atom. The van der Waals surface area contributed by atoms with Crippen LogP contribution in [0.15, 0.2) is 103 Å². The van der Waals surface area contributed by atoms with Crippen LogP contribution in [-0.4, -0.2) is 0 Å². The average Bonchev–Trinajstić information content (AvgIpc) is 3.46. The molecule has 0 bridgehead atoms. The highest BCUT2D eigenvalue weighted by Gasteiger charge is 2.42. The Balaban J connectivity index is 0.00000101. The molecule has 226 valence electrons. The monoisotopic (exact) mass is 591 g/mol. The Kier molecular flexibility index (Phi) is 5.39. The van der Waals surface area contributed by atoms with Gasteiger partial charge in [-0.3, -0.25) is 0 Å². The number of nitrogens with zero attached hydrogens (tertiary/aromatic N) is 1. The van der Waals surface area contributed by atoms with Crippen LogP contribution in [-0.2, 0) is 10.8 Å². The fraction of sp³-hybridized carbons (Fsp3) is 0.227. The van der Waals surface area contributed by atoms with E-state index in [1.807, 2.05) is 0 Å². The van der Waals surface area contributed by atoms with E-state index in [9.17, 15) is 0 Å². The van der Waals surface area contributed by atoms with Crippen LogP contribution in [0.25, 0.3) is 33.0 Å². The molecular weight excluding hydrogens is 542 g/mol. The van der Waals surface area contributed by atoms with E-state index in [0.717, 1.165) is 0 Å².